The van der Waals surface area contributed by atoms with E-state index in [2.05, 4.69) is 26.8 Å². The summed E-state index contributed by atoms with van der Waals surface area (Å²) in [5.41, 5.74) is 1.47. The number of pyridine rings is 1. The highest BCUT2D eigenvalue weighted by atomic mass is 32.2. The highest BCUT2D eigenvalue weighted by Gasteiger charge is 2.22. The van der Waals surface area contributed by atoms with Crippen LogP contribution in [0.4, 0.5) is 0 Å². The molecule has 0 amide bonds. The van der Waals surface area contributed by atoms with Crippen molar-refractivity contribution in [1.29, 1.82) is 0 Å². The number of piperidine rings is 1. The SMILES string of the molecule is Cc1nn(C)c2ncc(S(=O)(=O)NCC3CCCN(C)C3)cc12. The van der Waals surface area contributed by atoms with Crippen molar-refractivity contribution in [3.05, 3.63) is 18.0 Å². The zero-order chi connectivity index (χ0) is 16.6. The summed E-state index contributed by atoms with van der Waals surface area (Å²) in [5, 5.41) is 5.05. The molecular weight excluding hydrogens is 314 g/mol. The van der Waals surface area contributed by atoms with E-state index in [0.717, 1.165) is 37.0 Å². The quantitative estimate of drug-likeness (QED) is 0.896. The van der Waals surface area contributed by atoms with Gasteiger partial charge in [-0.25, -0.2) is 18.1 Å². The lowest BCUT2D eigenvalue weighted by Crippen LogP contribution is -2.39. The molecule has 2 aromatic rings. The van der Waals surface area contributed by atoms with E-state index in [1.54, 1.807) is 17.8 Å². The average Bonchev–Trinajstić information content (AvgIpc) is 2.80. The molecular formula is C15H23N5O2S. The minimum Gasteiger partial charge on any atom is -0.306 e. The highest BCUT2D eigenvalue weighted by Crippen LogP contribution is 2.20. The van der Waals surface area contributed by atoms with Crippen molar-refractivity contribution < 1.29 is 8.42 Å². The average molecular weight is 337 g/mol. The number of hydrogen-bond acceptors (Lipinski definition) is 5. The number of rotatable bonds is 4. The van der Waals surface area contributed by atoms with Gasteiger partial charge in [0.1, 0.15) is 4.90 Å². The van der Waals surface area contributed by atoms with Crippen LogP contribution in [0.15, 0.2) is 17.2 Å². The van der Waals surface area contributed by atoms with Crippen molar-refractivity contribution in [2.45, 2.75) is 24.7 Å². The molecule has 8 heteroatoms. The third kappa shape index (κ3) is 3.39. The maximum atomic E-state index is 12.5. The van der Waals surface area contributed by atoms with Gasteiger partial charge in [-0.2, -0.15) is 5.10 Å². The van der Waals surface area contributed by atoms with Crippen LogP contribution in [0.1, 0.15) is 18.5 Å². The summed E-state index contributed by atoms with van der Waals surface area (Å²) < 4.78 is 29.4. The lowest BCUT2D eigenvalue weighted by molar-refractivity contribution is 0.211. The molecule has 0 spiro atoms. The van der Waals surface area contributed by atoms with E-state index in [1.807, 2.05) is 6.92 Å². The molecule has 3 heterocycles. The molecule has 1 unspecified atom stereocenters. The first-order valence-electron chi connectivity index (χ1n) is 7.84. The Morgan fingerprint density at radius 1 is 1.39 bits per heavy atom. The maximum Gasteiger partial charge on any atom is 0.242 e. The molecule has 0 saturated carbocycles. The number of likely N-dealkylation sites (tertiary alicyclic amines) is 1. The van der Waals surface area contributed by atoms with Crippen molar-refractivity contribution in [2.75, 3.05) is 26.7 Å². The smallest absolute Gasteiger partial charge is 0.242 e. The molecule has 2 aromatic heterocycles. The van der Waals surface area contributed by atoms with E-state index in [0.29, 0.717) is 18.1 Å². The van der Waals surface area contributed by atoms with Gasteiger partial charge in [0.15, 0.2) is 5.65 Å². The van der Waals surface area contributed by atoms with Gasteiger partial charge < -0.3 is 4.90 Å². The zero-order valence-electron chi connectivity index (χ0n) is 13.8. The van der Waals surface area contributed by atoms with Gasteiger partial charge in [0.2, 0.25) is 10.0 Å². The third-order valence-electron chi connectivity index (χ3n) is 4.43. The van der Waals surface area contributed by atoms with Crippen LogP contribution in [-0.4, -0.2) is 54.8 Å². The second kappa shape index (κ2) is 6.18. The number of aryl methyl sites for hydroxylation is 2. The van der Waals surface area contributed by atoms with E-state index in [1.165, 1.54) is 6.20 Å². The van der Waals surface area contributed by atoms with E-state index in [-0.39, 0.29) is 4.90 Å². The topological polar surface area (TPSA) is 80.1 Å². The fraction of sp³-hybridized carbons (Fsp3) is 0.600. The summed E-state index contributed by atoms with van der Waals surface area (Å²) in [6, 6.07) is 1.65. The molecule has 1 atom stereocenters. The summed E-state index contributed by atoms with van der Waals surface area (Å²) in [4.78, 5) is 6.69. The predicted molar refractivity (Wildman–Crippen MR) is 88.7 cm³/mol. The van der Waals surface area contributed by atoms with Crippen molar-refractivity contribution >= 4 is 21.1 Å². The highest BCUT2D eigenvalue weighted by molar-refractivity contribution is 7.89. The van der Waals surface area contributed by atoms with Crippen LogP contribution >= 0.6 is 0 Å². The summed E-state index contributed by atoms with van der Waals surface area (Å²) >= 11 is 0. The summed E-state index contributed by atoms with van der Waals surface area (Å²) in [7, 11) is 0.329. The summed E-state index contributed by atoms with van der Waals surface area (Å²) in [5.74, 6) is 0.361. The van der Waals surface area contributed by atoms with Gasteiger partial charge in [-0.15, -0.1) is 0 Å². The molecule has 1 N–H and O–H groups in total. The Kier molecular flexibility index (Phi) is 4.39. The Bertz CT molecular complexity index is 815. The molecule has 23 heavy (non-hydrogen) atoms. The van der Waals surface area contributed by atoms with Crippen LogP contribution in [0.2, 0.25) is 0 Å². The van der Waals surface area contributed by atoms with Gasteiger partial charge >= 0.3 is 0 Å². The van der Waals surface area contributed by atoms with Crippen molar-refractivity contribution in [3.63, 3.8) is 0 Å². The van der Waals surface area contributed by atoms with Crippen molar-refractivity contribution in [1.82, 2.24) is 24.4 Å². The van der Waals surface area contributed by atoms with Crippen LogP contribution in [0, 0.1) is 12.8 Å². The van der Waals surface area contributed by atoms with Crippen LogP contribution in [0.25, 0.3) is 11.0 Å². The maximum absolute atomic E-state index is 12.5. The molecule has 1 aliphatic rings. The second-order valence-corrected chi connectivity index (χ2v) is 8.14. The Morgan fingerprint density at radius 3 is 2.91 bits per heavy atom. The van der Waals surface area contributed by atoms with Gasteiger partial charge in [-0.3, -0.25) is 4.68 Å². The molecule has 7 nitrogen and oxygen atoms in total. The minimum atomic E-state index is -3.54. The largest absolute Gasteiger partial charge is 0.306 e. The first kappa shape index (κ1) is 16.4. The van der Waals surface area contributed by atoms with E-state index >= 15 is 0 Å². The van der Waals surface area contributed by atoms with Crippen LogP contribution in [-0.2, 0) is 17.1 Å². The molecule has 0 aromatic carbocycles. The lowest BCUT2D eigenvalue weighted by atomic mass is 9.99. The fourth-order valence-electron chi connectivity index (χ4n) is 3.19. The number of fused-ring (bicyclic) bond motifs is 1. The molecule has 0 aliphatic carbocycles. The number of aromatic nitrogens is 3. The Balaban J connectivity index is 1.78. The Labute approximate surface area is 136 Å². The Morgan fingerprint density at radius 2 is 2.17 bits per heavy atom. The second-order valence-electron chi connectivity index (χ2n) is 6.37. The normalized spacial score (nSPS) is 20.2. The lowest BCUT2D eigenvalue weighted by Gasteiger charge is -2.29. The molecule has 3 rings (SSSR count). The Hall–Kier alpha value is -1.51. The van der Waals surface area contributed by atoms with Crippen molar-refractivity contribution in [2.24, 2.45) is 13.0 Å². The van der Waals surface area contributed by atoms with Crippen LogP contribution in [0.3, 0.4) is 0 Å². The summed E-state index contributed by atoms with van der Waals surface area (Å²) in [6.07, 6.45) is 3.58. The predicted octanol–water partition coefficient (Wildman–Crippen LogP) is 0.897. The van der Waals surface area contributed by atoms with Gasteiger partial charge in [0.25, 0.3) is 0 Å². The number of hydrogen-bond donors (Lipinski definition) is 1. The van der Waals surface area contributed by atoms with Gasteiger partial charge in [0.05, 0.1) is 5.69 Å². The monoisotopic (exact) mass is 337 g/mol. The molecule has 1 aliphatic heterocycles. The fourth-order valence-corrected chi connectivity index (χ4v) is 4.27. The van der Waals surface area contributed by atoms with E-state index < -0.39 is 10.0 Å². The van der Waals surface area contributed by atoms with E-state index in [9.17, 15) is 8.42 Å². The first-order valence-corrected chi connectivity index (χ1v) is 9.32. The van der Waals surface area contributed by atoms with E-state index in [4.69, 9.17) is 0 Å². The molecule has 126 valence electrons. The summed E-state index contributed by atoms with van der Waals surface area (Å²) in [6.45, 7) is 4.34. The molecule has 1 fully saturated rings. The first-order chi connectivity index (χ1) is 10.9. The molecule has 0 radical (unpaired) electrons. The van der Waals surface area contributed by atoms with Crippen LogP contribution in [0.5, 0.6) is 0 Å². The van der Waals surface area contributed by atoms with Gasteiger partial charge in [-0.05, 0) is 45.3 Å². The molecule has 0 bridgehead atoms. The van der Waals surface area contributed by atoms with Crippen LogP contribution < -0.4 is 4.72 Å². The standard InChI is InChI=1S/C15H23N5O2S/c1-11-14-7-13(9-16-15(14)20(3)18-11)23(21,22)17-8-12-5-4-6-19(2)10-12/h7,9,12,17H,4-6,8,10H2,1-3H3. The van der Waals surface area contributed by atoms with Gasteiger partial charge in [0, 0.05) is 31.7 Å². The minimum absolute atomic E-state index is 0.199. The van der Waals surface area contributed by atoms with Gasteiger partial charge in [-0.1, -0.05) is 0 Å². The zero-order valence-corrected chi connectivity index (χ0v) is 14.6. The third-order valence-corrected chi connectivity index (χ3v) is 5.82. The van der Waals surface area contributed by atoms with Crippen molar-refractivity contribution in [3.8, 4) is 0 Å². The molecule has 1 saturated heterocycles. The number of nitrogens with zero attached hydrogens (tertiary/aromatic N) is 4. The number of nitrogens with one attached hydrogen (secondary N) is 1. The number of sulfonamides is 1.